The van der Waals surface area contributed by atoms with Gasteiger partial charge in [0, 0.05) is 12.6 Å². The van der Waals surface area contributed by atoms with Crippen molar-refractivity contribution in [2.24, 2.45) is 0 Å². The third-order valence-electron chi connectivity index (χ3n) is 2.80. The van der Waals surface area contributed by atoms with Gasteiger partial charge in [-0.3, -0.25) is 9.89 Å². The molecule has 6 heteroatoms. The van der Waals surface area contributed by atoms with Gasteiger partial charge in [0.2, 0.25) is 0 Å². The Kier molecular flexibility index (Phi) is 5.15. The second-order valence-corrected chi connectivity index (χ2v) is 4.79. The van der Waals surface area contributed by atoms with Gasteiger partial charge in [-0.1, -0.05) is 13.8 Å². The highest BCUT2D eigenvalue weighted by Crippen LogP contribution is 2.21. The molecular formula is C12H22N4O2. The summed E-state index contributed by atoms with van der Waals surface area (Å²) in [5.74, 6) is -0.0769. The van der Waals surface area contributed by atoms with Crippen LogP contribution in [-0.2, 0) is 0 Å². The number of hydrogen-bond donors (Lipinski definition) is 4. The molecule has 102 valence electrons. The van der Waals surface area contributed by atoms with Crippen molar-refractivity contribution in [3.63, 3.8) is 0 Å². The molecule has 1 aromatic rings. The van der Waals surface area contributed by atoms with Gasteiger partial charge in [0.1, 0.15) is 0 Å². The second-order valence-electron chi connectivity index (χ2n) is 4.79. The van der Waals surface area contributed by atoms with Gasteiger partial charge in [0.05, 0.1) is 11.4 Å². The molecule has 1 unspecified atom stereocenters. The van der Waals surface area contributed by atoms with E-state index in [1.807, 2.05) is 20.8 Å². The lowest BCUT2D eigenvalue weighted by Gasteiger charge is -2.12. The van der Waals surface area contributed by atoms with Crippen LogP contribution in [0.15, 0.2) is 0 Å². The van der Waals surface area contributed by atoms with E-state index in [1.54, 1.807) is 0 Å². The minimum absolute atomic E-state index is 0.0109. The molecule has 5 N–H and O–H groups in total. The highest BCUT2D eigenvalue weighted by Gasteiger charge is 2.19. The van der Waals surface area contributed by atoms with Crippen LogP contribution in [-0.4, -0.2) is 33.9 Å². The number of hydrogen-bond acceptors (Lipinski definition) is 4. The number of nitrogen functional groups attached to an aromatic ring is 1. The number of nitrogens with zero attached hydrogens (tertiary/aromatic N) is 1. The van der Waals surface area contributed by atoms with Crippen molar-refractivity contribution in [2.75, 3.05) is 12.3 Å². The molecule has 0 spiro atoms. The van der Waals surface area contributed by atoms with Gasteiger partial charge in [-0.2, -0.15) is 5.10 Å². The van der Waals surface area contributed by atoms with Crippen molar-refractivity contribution < 1.29 is 9.90 Å². The molecule has 18 heavy (non-hydrogen) atoms. The fourth-order valence-electron chi connectivity index (χ4n) is 1.74. The molecule has 0 bridgehead atoms. The van der Waals surface area contributed by atoms with E-state index in [2.05, 4.69) is 15.5 Å². The maximum Gasteiger partial charge on any atom is 0.274 e. The number of carbonyl (C=O) groups is 1. The molecule has 0 radical (unpaired) electrons. The van der Waals surface area contributed by atoms with Gasteiger partial charge in [-0.05, 0) is 25.7 Å². The topological polar surface area (TPSA) is 104 Å². The largest absolute Gasteiger partial charge is 0.396 e. The van der Waals surface area contributed by atoms with Crippen molar-refractivity contribution in [3.8, 4) is 0 Å². The molecule has 0 fully saturated rings. The molecule has 0 saturated heterocycles. The first-order valence-electron chi connectivity index (χ1n) is 6.22. The van der Waals surface area contributed by atoms with Gasteiger partial charge in [-0.25, -0.2) is 0 Å². The Morgan fingerprint density at radius 1 is 1.50 bits per heavy atom. The number of anilines is 1. The van der Waals surface area contributed by atoms with E-state index < -0.39 is 0 Å². The predicted molar refractivity (Wildman–Crippen MR) is 70.3 cm³/mol. The summed E-state index contributed by atoms with van der Waals surface area (Å²) < 4.78 is 0. The summed E-state index contributed by atoms with van der Waals surface area (Å²) in [5, 5.41) is 18.3. The van der Waals surface area contributed by atoms with Gasteiger partial charge in [0.25, 0.3) is 5.91 Å². The third-order valence-corrected chi connectivity index (χ3v) is 2.80. The zero-order chi connectivity index (χ0) is 13.7. The average Bonchev–Trinajstić information content (AvgIpc) is 2.68. The number of aromatic amines is 1. The monoisotopic (exact) mass is 254 g/mol. The highest BCUT2D eigenvalue weighted by atomic mass is 16.3. The summed E-state index contributed by atoms with van der Waals surface area (Å²) in [4.78, 5) is 11.9. The second kappa shape index (κ2) is 6.39. The molecular weight excluding hydrogens is 232 g/mol. The van der Waals surface area contributed by atoms with Gasteiger partial charge in [-0.15, -0.1) is 0 Å². The molecule has 1 aromatic heterocycles. The minimum Gasteiger partial charge on any atom is -0.396 e. The van der Waals surface area contributed by atoms with Crippen LogP contribution in [0.25, 0.3) is 0 Å². The van der Waals surface area contributed by atoms with Crippen LogP contribution in [0.1, 0.15) is 55.7 Å². The van der Waals surface area contributed by atoms with E-state index in [1.165, 1.54) is 0 Å². The van der Waals surface area contributed by atoms with Crippen LogP contribution >= 0.6 is 0 Å². The molecule has 0 aliphatic heterocycles. The molecule has 1 amide bonds. The van der Waals surface area contributed by atoms with Crippen LogP contribution in [0, 0.1) is 0 Å². The first-order valence-corrected chi connectivity index (χ1v) is 6.22. The fraction of sp³-hybridized carbons (Fsp3) is 0.667. The van der Waals surface area contributed by atoms with E-state index in [4.69, 9.17) is 10.8 Å². The molecule has 1 atom stereocenters. The summed E-state index contributed by atoms with van der Waals surface area (Å²) in [6, 6.07) is -0.0109. The maximum atomic E-state index is 11.9. The predicted octanol–water partition coefficient (Wildman–Crippen LogP) is 1.01. The maximum absolute atomic E-state index is 11.9. The van der Waals surface area contributed by atoms with Gasteiger partial charge < -0.3 is 16.2 Å². The molecule has 0 aromatic carbocycles. The lowest BCUT2D eigenvalue weighted by atomic mass is 10.1. The molecule has 1 rings (SSSR count). The number of nitrogens with one attached hydrogen (secondary N) is 2. The Balaban J connectivity index is 2.67. The summed E-state index contributed by atoms with van der Waals surface area (Å²) in [6.45, 7) is 5.98. The highest BCUT2D eigenvalue weighted by molar-refractivity contribution is 5.97. The summed E-state index contributed by atoms with van der Waals surface area (Å²) in [5.41, 5.74) is 7.33. The fourth-order valence-corrected chi connectivity index (χ4v) is 1.74. The van der Waals surface area contributed by atoms with Crippen LogP contribution in [0.2, 0.25) is 0 Å². The van der Waals surface area contributed by atoms with E-state index in [0.717, 1.165) is 12.1 Å². The van der Waals surface area contributed by atoms with E-state index in [9.17, 15) is 4.79 Å². The third kappa shape index (κ3) is 3.46. The number of amides is 1. The summed E-state index contributed by atoms with van der Waals surface area (Å²) >= 11 is 0. The normalized spacial score (nSPS) is 12.7. The first-order chi connectivity index (χ1) is 8.47. The first kappa shape index (κ1) is 14.5. The Hall–Kier alpha value is -1.56. The average molecular weight is 254 g/mol. The molecule has 0 saturated carbocycles. The number of aliphatic hydroxyl groups is 1. The number of H-pyrrole nitrogens is 1. The number of aromatic nitrogens is 2. The van der Waals surface area contributed by atoms with Crippen molar-refractivity contribution in [1.82, 2.24) is 15.5 Å². The number of rotatable bonds is 6. The number of nitrogens with two attached hydrogens (primary N) is 1. The standard InChI is InChI=1S/C12H22N4O2/c1-7(2)10-9(13)11(16-15-10)12(18)14-8(3)5-4-6-17/h7-8,17H,4-6,13H2,1-3H3,(H,14,18)(H,15,16). The van der Waals surface area contributed by atoms with Crippen LogP contribution in [0.4, 0.5) is 5.69 Å². The number of carbonyl (C=O) groups excluding carboxylic acids is 1. The smallest absolute Gasteiger partial charge is 0.274 e. The van der Waals surface area contributed by atoms with Crippen molar-refractivity contribution >= 4 is 11.6 Å². The van der Waals surface area contributed by atoms with E-state index in [-0.39, 0.29) is 30.2 Å². The van der Waals surface area contributed by atoms with Gasteiger partial charge in [0.15, 0.2) is 5.69 Å². The van der Waals surface area contributed by atoms with Crippen LogP contribution in [0.5, 0.6) is 0 Å². The number of aliphatic hydroxyl groups excluding tert-OH is 1. The molecule has 0 aliphatic rings. The van der Waals surface area contributed by atoms with Gasteiger partial charge >= 0.3 is 0 Å². The Morgan fingerprint density at radius 3 is 2.67 bits per heavy atom. The lowest BCUT2D eigenvalue weighted by molar-refractivity contribution is 0.0932. The van der Waals surface area contributed by atoms with Crippen molar-refractivity contribution in [1.29, 1.82) is 0 Å². The van der Waals surface area contributed by atoms with Crippen LogP contribution < -0.4 is 11.1 Å². The Bertz CT molecular complexity index is 401. The van der Waals surface area contributed by atoms with E-state index >= 15 is 0 Å². The Morgan fingerprint density at radius 2 is 2.17 bits per heavy atom. The van der Waals surface area contributed by atoms with E-state index in [0.29, 0.717) is 12.1 Å². The lowest BCUT2D eigenvalue weighted by Crippen LogP contribution is -2.33. The Labute approximate surface area is 107 Å². The summed E-state index contributed by atoms with van der Waals surface area (Å²) in [7, 11) is 0. The van der Waals surface area contributed by atoms with Crippen molar-refractivity contribution in [2.45, 2.75) is 45.6 Å². The quantitative estimate of drug-likeness (QED) is 0.608. The minimum atomic E-state index is -0.277. The summed E-state index contributed by atoms with van der Waals surface area (Å²) in [6.07, 6.45) is 1.39. The molecule has 6 nitrogen and oxygen atoms in total. The van der Waals surface area contributed by atoms with Crippen molar-refractivity contribution in [3.05, 3.63) is 11.4 Å². The zero-order valence-electron chi connectivity index (χ0n) is 11.2. The molecule has 1 heterocycles. The van der Waals surface area contributed by atoms with Crippen LogP contribution in [0.3, 0.4) is 0 Å². The molecule has 0 aliphatic carbocycles. The zero-order valence-corrected chi connectivity index (χ0v) is 11.2. The SMILES string of the molecule is CC(CCCO)NC(=O)c1n[nH]c(C(C)C)c1N.